The maximum Gasteiger partial charge on any atom is 0.266 e. The van der Waals surface area contributed by atoms with Gasteiger partial charge in [0.05, 0.1) is 22.4 Å². The lowest BCUT2D eigenvalue weighted by Gasteiger charge is -2.14. The van der Waals surface area contributed by atoms with Crippen molar-refractivity contribution >= 4 is 17.5 Å². The third-order valence-corrected chi connectivity index (χ3v) is 3.12. The molecule has 1 aliphatic heterocycles. The fourth-order valence-electron chi connectivity index (χ4n) is 2.16. The van der Waals surface area contributed by atoms with E-state index in [0.29, 0.717) is 11.1 Å². The van der Waals surface area contributed by atoms with Crippen LogP contribution in [0.15, 0.2) is 42.5 Å². The van der Waals surface area contributed by atoms with Crippen molar-refractivity contribution < 1.29 is 14.0 Å². The number of carbonyl (C=O) groups is 2. The number of halogens is 1. The lowest BCUT2D eigenvalue weighted by molar-refractivity contribution is 0.0926. The molecule has 0 saturated heterocycles. The van der Waals surface area contributed by atoms with Gasteiger partial charge in [-0.05, 0) is 30.3 Å². The smallest absolute Gasteiger partial charge is 0.266 e. The number of fused-ring (bicyclic) bond motifs is 1. The van der Waals surface area contributed by atoms with E-state index in [1.54, 1.807) is 30.3 Å². The highest BCUT2D eigenvalue weighted by molar-refractivity contribution is 6.34. The van der Waals surface area contributed by atoms with E-state index in [0.717, 1.165) is 11.0 Å². The number of imide groups is 1. The van der Waals surface area contributed by atoms with Gasteiger partial charge in [0.1, 0.15) is 11.9 Å². The Morgan fingerprint density at radius 1 is 1.00 bits per heavy atom. The van der Waals surface area contributed by atoms with Crippen molar-refractivity contribution in [2.45, 2.75) is 0 Å². The molecule has 0 N–H and O–H groups in total. The number of amides is 2. The van der Waals surface area contributed by atoms with Crippen LogP contribution < -0.4 is 4.90 Å². The molecule has 0 radical (unpaired) electrons. The molecule has 20 heavy (non-hydrogen) atoms. The van der Waals surface area contributed by atoms with Crippen molar-refractivity contribution in [3.8, 4) is 6.07 Å². The Bertz CT molecular complexity index is 758. The first-order valence-corrected chi connectivity index (χ1v) is 5.81. The summed E-state index contributed by atoms with van der Waals surface area (Å²) in [4.78, 5) is 25.4. The molecular formula is C15H7FN2O2. The molecule has 1 aliphatic rings. The zero-order valence-corrected chi connectivity index (χ0v) is 10.1. The van der Waals surface area contributed by atoms with Gasteiger partial charge in [-0.1, -0.05) is 12.1 Å². The molecule has 96 valence electrons. The topological polar surface area (TPSA) is 61.2 Å². The molecule has 0 spiro atoms. The van der Waals surface area contributed by atoms with Crippen LogP contribution in [-0.4, -0.2) is 11.8 Å². The summed E-state index contributed by atoms with van der Waals surface area (Å²) in [5, 5.41) is 8.81. The number of nitrogens with zero attached hydrogens (tertiary/aromatic N) is 2. The lowest BCUT2D eigenvalue weighted by Crippen LogP contribution is -2.29. The summed E-state index contributed by atoms with van der Waals surface area (Å²) in [6, 6.07) is 11.7. The van der Waals surface area contributed by atoms with E-state index in [4.69, 9.17) is 5.26 Å². The molecule has 2 aromatic rings. The Kier molecular flexibility index (Phi) is 2.58. The molecule has 4 nitrogen and oxygen atoms in total. The van der Waals surface area contributed by atoms with Crippen molar-refractivity contribution in [2.75, 3.05) is 4.90 Å². The predicted octanol–water partition coefficient (Wildman–Crippen LogP) is 2.50. The summed E-state index contributed by atoms with van der Waals surface area (Å²) in [7, 11) is 0. The number of benzene rings is 2. The molecule has 0 fully saturated rings. The van der Waals surface area contributed by atoms with Crippen LogP contribution in [-0.2, 0) is 0 Å². The molecule has 2 aromatic carbocycles. The third-order valence-electron chi connectivity index (χ3n) is 3.12. The molecule has 0 saturated carbocycles. The van der Waals surface area contributed by atoms with Crippen LogP contribution in [0.1, 0.15) is 26.3 Å². The minimum absolute atomic E-state index is 0.189. The molecular weight excluding hydrogens is 259 g/mol. The summed E-state index contributed by atoms with van der Waals surface area (Å²) in [5.74, 6) is -1.63. The van der Waals surface area contributed by atoms with Crippen LogP contribution in [0.4, 0.5) is 10.1 Å². The first-order valence-electron chi connectivity index (χ1n) is 5.81. The number of anilines is 1. The van der Waals surface area contributed by atoms with Gasteiger partial charge in [-0.2, -0.15) is 5.26 Å². The van der Waals surface area contributed by atoms with Crippen LogP contribution in [0.5, 0.6) is 0 Å². The molecule has 0 aromatic heterocycles. The number of hydrogen-bond donors (Lipinski definition) is 0. The van der Waals surface area contributed by atoms with Gasteiger partial charge >= 0.3 is 0 Å². The molecule has 0 bridgehead atoms. The molecule has 3 rings (SSSR count). The molecule has 2 amide bonds. The van der Waals surface area contributed by atoms with Crippen LogP contribution in [0, 0.1) is 17.1 Å². The van der Waals surface area contributed by atoms with Gasteiger partial charge in [0, 0.05) is 0 Å². The Hall–Kier alpha value is -3.00. The van der Waals surface area contributed by atoms with E-state index < -0.39 is 17.6 Å². The monoisotopic (exact) mass is 266 g/mol. The van der Waals surface area contributed by atoms with Crippen LogP contribution in [0.25, 0.3) is 0 Å². The molecule has 0 atom stereocenters. The standard InChI is InChI=1S/C15H7FN2O2/c16-13-6-5-10(7-9(13)8-17)18-14(19)11-3-1-2-4-12(11)15(18)20/h1-7H. The third kappa shape index (κ3) is 1.59. The van der Waals surface area contributed by atoms with Gasteiger partial charge in [-0.15, -0.1) is 0 Å². The van der Waals surface area contributed by atoms with Crippen molar-refractivity contribution in [3.63, 3.8) is 0 Å². The normalized spacial score (nSPS) is 13.3. The van der Waals surface area contributed by atoms with Crippen LogP contribution in [0.2, 0.25) is 0 Å². The van der Waals surface area contributed by atoms with Crippen molar-refractivity contribution in [1.82, 2.24) is 0 Å². The predicted molar refractivity (Wildman–Crippen MR) is 68.7 cm³/mol. The second-order valence-electron chi connectivity index (χ2n) is 4.27. The Morgan fingerprint density at radius 3 is 2.15 bits per heavy atom. The summed E-state index contributed by atoms with van der Waals surface area (Å²) >= 11 is 0. The fourth-order valence-corrected chi connectivity index (χ4v) is 2.16. The van der Waals surface area contributed by atoms with Gasteiger partial charge in [0.2, 0.25) is 0 Å². The average Bonchev–Trinajstić information content (AvgIpc) is 2.72. The number of nitriles is 1. The first-order chi connectivity index (χ1) is 9.63. The van der Waals surface area contributed by atoms with E-state index in [-0.39, 0.29) is 11.3 Å². The van der Waals surface area contributed by atoms with E-state index >= 15 is 0 Å². The highest BCUT2D eigenvalue weighted by Gasteiger charge is 2.36. The molecule has 5 heteroatoms. The quantitative estimate of drug-likeness (QED) is 0.745. The summed E-state index contributed by atoms with van der Waals surface area (Å²) in [6.45, 7) is 0. The SMILES string of the molecule is N#Cc1cc(N2C(=O)c3ccccc3C2=O)ccc1F. The van der Waals surface area contributed by atoms with Crippen molar-refractivity contribution in [1.29, 1.82) is 5.26 Å². The van der Waals surface area contributed by atoms with Crippen LogP contribution in [0.3, 0.4) is 0 Å². The number of carbonyl (C=O) groups excluding carboxylic acids is 2. The Morgan fingerprint density at radius 2 is 1.60 bits per heavy atom. The van der Waals surface area contributed by atoms with Gasteiger partial charge < -0.3 is 0 Å². The Labute approximate surface area is 113 Å². The van der Waals surface area contributed by atoms with E-state index in [9.17, 15) is 14.0 Å². The second kappa shape index (κ2) is 4.28. The minimum atomic E-state index is -0.687. The van der Waals surface area contributed by atoms with Gasteiger partial charge in [0.25, 0.3) is 11.8 Å². The fraction of sp³-hybridized carbons (Fsp3) is 0. The van der Waals surface area contributed by atoms with Crippen LogP contribution >= 0.6 is 0 Å². The average molecular weight is 266 g/mol. The maximum atomic E-state index is 13.3. The van der Waals surface area contributed by atoms with Crippen molar-refractivity contribution in [3.05, 3.63) is 65.0 Å². The van der Waals surface area contributed by atoms with Gasteiger partial charge in [-0.3, -0.25) is 9.59 Å². The lowest BCUT2D eigenvalue weighted by atomic mass is 10.1. The highest BCUT2D eigenvalue weighted by Crippen LogP contribution is 2.29. The minimum Gasteiger partial charge on any atom is -0.268 e. The zero-order chi connectivity index (χ0) is 14.3. The van der Waals surface area contributed by atoms with E-state index in [2.05, 4.69) is 0 Å². The van der Waals surface area contributed by atoms with Gasteiger partial charge in [-0.25, -0.2) is 9.29 Å². The molecule has 0 aliphatic carbocycles. The zero-order valence-electron chi connectivity index (χ0n) is 10.1. The van der Waals surface area contributed by atoms with E-state index in [1.165, 1.54) is 12.1 Å². The summed E-state index contributed by atoms with van der Waals surface area (Å²) in [6.07, 6.45) is 0. The summed E-state index contributed by atoms with van der Waals surface area (Å²) < 4.78 is 13.3. The number of rotatable bonds is 1. The molecule has 1 heterocycles. The number of hydrogen-bond acceptors (Lipinski definition) is 3. The first kappa shape index (κ1) is 12.1. The molecule has 0 unspecified atom stereocenters. The Balaban J connectivity index is 2.12. The summed E-state index contributed by atoms with van der Waals surface area (Å²) in [5.41, 5.74) is 0.592. The maximum absolute atomic E-state index is 13.3. The largest absolute Gasteiger partial charge is 0.268 e. The second-order valence-corrected chi connectivity index (χ2v) is 4.27. The van der Waals surface area contributed by atoms with Crippen molar-refractivity contribution in [2.24, 2.45) is 0 Å². The van der Waals surface area contributed by atoms with Gasteiger partial charge in [0.15, 0.2) is 0 Å². The van der Waals surface area contributed by atoms with E-state index in [1.807, 2.05) is 0 Å². The highest BCUT2D eigenvalue weighted by atomic mass is 19.1.